The van der Waals surface area contributed by atoms with E-state index >= 15 is 0 Å². The largest absolute Gasteiger partial charge is 0.491 e. The van der Waals surface area contributed by atoms with Crippen LogP contribution in [0, 0.1) is 17.8 Å². The molecular weight excluding hydrogens is 330 g/mol. The van der Waals surface area contributed by atoms with Crippen LogP contribution in [-0.4, -0.2) is 30.9 Å². The third-order valence-electron chi connectivity index (χ3n) is 4.91. The lowest BCUT2D eigenvalue weighted by molar-refractivity contribution is 0.104. The number of hydrogen-bond donors (Lipinski definition) is 2. The lowest BCUT2D eigenvalue weighted by atomic mass is 9.89. The van der Waals surface area contributed by atoms with Gasteiger partial charge in [-0.05, 0) is 61.8 Å². The van der Waals surface area contributed by atoms with Crippen molar-refractivity contribution in [1.29, 1.82) is 0 Å². The first kappa shape index (κ1) is 15.3. The van der Waals surface area contributed by atoms with Gasteiger partial charge in [-0.25, -0.2) is 0 Å². The topological polar surface area (TPSA) is 41.5 Å². The van der Waals surface area contributed by atoms with Crippen LogP contribution in [0.3, 0.4) is 0 Å². The minimum absolute atomic E-state index is 0.334. The van der Waals surface area contributed by atoms with Gasteiger partial charge in [-0.15, -0.1) is 0 Å². The summed E-state index contributed by atoms with van der Waals surface area (Å²) in [5, 5.41) is 13.4. The lowest BCUT2D eigenvalue weighted by Gasteiger charge is -2.22. The van der Waals surface area contributed by atoms with Crippen molar-refractivity contribution < 1.29 is 9.84 Å². The molecule has 1 aromatic carbocycles. The molecule has 116 valence electrons. The lowest BCUT2D eigenvalue weighted by Crippen LogP contribution is -2.35. The zero-order valence-corrected chi connectivity index (χ0v) is 13.9. The number of hydrogen-bond acceptors (Lipinski definition) is 3. The van der Waals surface area contributed by atoms with E-state index in [0.29, 0.717) is 13.2 Å². The molecule has 0 aliphatic heterocycles. The number of ether oxygens (including phenoxy) is 1. The van der Waals surface area contributed by atoms with Crippen LogP contribution >= 0.6 is 15.9 Å². The number of benzene rings is 1. The normalized spacial score (nSPS) is 28.8. The predicted molar refractivity (Wildman–Crippen MR) is 87.5 cm³/mol. The van der Waals surface area contributed by atoms with Gasteiger partial charge >= 0.3 is 0 Å². The van der Waals surface area contributed by atoms with Crippen molar-refractivity contribution in [3.63, 3.8) is 0 Å². The van der Waals surface area contributed by atoms with Crippen LogP contribution in [0.25, 0.3) is 0 Å². The van der Waals surface area contributed by atoms with Gasteiger partial charge in [-0.3, -0.25) is 0 Å². The Labute approximate surface area is 135 Å². The minimum Gasteiger partial charge on any atom is -0.491 e. The Balaban J connectivity index is 1.32. The Kier molecular flexibility index (Phi) is 5.19. The Bertz CT molecular complexity index is 468. The van der Waals surface area contributed by atoms with Crippen molar-refractivity contribution >= 4 is 15.9 Å². The number of nitrogens with one attached hydrogen (secondary N) is 1. The highest BCUT2D eigenvalue weighted by Crippen LogP contribution is 2.47. The molecule has 3 nitrogen and oxygen atoms in total. The van der Waals surface area contributed by atoms with E-state index in [-0.39, 0.29) is 0 Å². The number of halogens is 1. The number of aliphatic hydroxyl groups excluding tert-OH is 1. The van der Waals surface area contributed by atoms with Crippen LogP contribution in [0.2, 0.25) is 0 Å². The first-order valence-corrected chi connectivity index (χ1v) is 8.77. The van der Waals surface area contributed by atoms with E-state index in [2.05, 4.69) is 21.2 Å². The number of aliphatic hydroxyl groups is 1. The maximum Gasteiger partial charge on any atom is 0.120 e. The maximum atomic E-state index is 9.99. The van der Waals surface area contributed by atoms with E-state index in [9.17, 15) is 5.11 Å². The number of fused-ring (bicyclic) bond motifs is 2. The third-order valence-corrected chi connectivity index (χ3v) is 5.40. The fraction of sp³-hybridized carbons (Fsp3) is 0.647. The van der Waals surface area contributed by atoms with E-state index < -0.39 is 6.10 Å². The molecule has 2 aliphatic carbocycles. The summed E-state index contributed by atoms with van der Waals surface area (Å²) in [7, 11) is 0. The van der Waals surface area contributed by atoms with Gasteiger partial charge in [0.05, 0.1) is 0 Å². The van der Waals surface area contributed by atoms with Crippen LogP contribution in [0.1, 0.15) is 25.7 Å². The van der Waals surface area contributed by atoms with Gasteiger partial charge in [-0.2, -0.15) is 0 Å². The molecular formula is C17H24BrNO2. The highest BCUT2D eigenvalue weighted by Gasteiger charge is 2.38. The summed E-state index contributed by atoms with van der Waals surface area (Å²) < 4.78 is 6.59. The molecule has 0 saturated heterocycles. The minimum atomic E-state index is -0.456. The molecule has 2 saturated carbocycles. The van der Waals surface area contributed by atoms with Crippen LogP contribution in [0.4, 0.5) is 0 Å². The highest BCUT2D eigenvalue weighted by atomic mass is 79.9. The molecule has 2 bridgehead atoms. The van der Waals surface area contributed by atoms with E-state index in [4.69, 9.17) is 4.74 Å². The molecule has 0 amide bonds. The molecule has 0 spiro atoms. The number of rotatable bonds is 7. The highest BCUT2D eigenvalue weighted by molar-refractivity contribution is 9.10. The first-order chi connectivity index (χ1) is 10.2. The van der Waals surface area contributed by atoms with Gasteiger partial charge in [0.25, 0.3) is 0 Å². The summed E-state index contributed by atoms with van der Waals surface area (Å²) in [4.78, 5) is 0. The molecule has 0 aromatic heterocycles. The van der Waals surface area contributed by atoms with Crippen LogP contribution in [-0.2, 0) is 0 Å². The van der Waals surface area contributed by atoms with Crippen LogP contribution in [0.5, 0.6) is 5.75 Å². The fourth-order valence-electron chi connectivity index (χ4n) is 3.87. The van der Waals surface area contributed by atoms with Gasteiger partial charge in [0.1, 0.15) is 18.5 Å². The molecule has 2 aliphatic rings. The monoisotopic (exact) mass is 353 g/mol. The molecule has 21 heavy (non-hydrogen) atoms. The smallest absolute Gasteiger partial charge is 0.120 e. The maximum absolute atomic E-state index is 9.99. The zero-order valence-electron chi connectivity index (χ0n) is 12.3. The molecule has 4 unspecified atom stereocenters. The summed E-state index contributed by atoms with van der Waals surface area (Å²) in [6, 6.07) is 7.70. The fourth-order valence-corrected chi connectivity index (χ4v) is 4.25. The summed E-state index contributed by atoms with van der Waals surface area (Å²) in [6.45, 7) is 2.00. The summed E-state index contributed by atoms with van der Waals surface area (Å²) in [5.41, 5.74) is 0. The average Bonchev–Trinajstić information content (AvgIpc) is 3.08. The second-order valence-corrected chi connectivity index (χ2v) is 7.43. The molecule has 1 aromatic rings. The van der Waals surface area contributed by atoms with Crippen LogP contribution < -0.4 is 10.1 Å². The standard InChI is InChI=1S/C17H24BrNO2/c18-15-2-1-3-17(8-15)21-11-16(20)10-19-9-14-7-12-4-5-13(14)6-12/h1-3,8,12-14,16,19-20H,4-7,9-11H2. The van der Waals surface area contributed by atoms with Crippen molar-refractivity contribution in [1.82, 2.24) is 5.32 Å². The predicted octanol–water partition coefficient (Wildman–Crippen LogP) is 3.21. The van der Waals surface area contributed by atoms with E-state index in [0.717, 1.165) is 34.5 Å². The Morgan fingerprint density at radius 2 is 2.24 bits per heavy atom. The molecule has 2 N–H and O–H groups in total. The van der Waals surface area contributed by atoms with Gasteiger partial charge in [-0.1, -0.05) is 28.4 Å². The van der Waals surface area contributed by atoms with Crippen molar-refractivity contribution in [2.75, 3.05) is 19.7 Å². The Morgan fingerprint density at radius 3 is 2.95 bits per heavy atom. The van der Waals surface area contributed by atoms with Crippen molar-refractivity contribution in [3.05, 3.63) is 28.7 Å². The molecule has 3 rings (SSSR count). The average molecular weight is 354 g/mol. The van der Waals surface area contributed by atoms with Crippen molar-refractivity contribution in [3.8, 4) is 5.75 Å². The Morgan fingerprint density at radius 1 is 1.33 bits per heavy atom. The summed E-state index contributed by atoms with van der Waals surface area (Å²) >= 11 is 3.41. The van der Waals surface area contributed by atoms with Gasteiger partial charge < -0.3 is 15.2 Å². The van der Waals surface area contributed by atoms with Crippen molar-refractivity contribution in [2.24, 2.45) is 17.8 Å². The molecule has 0 radical (unpaired) electrons. The second kappa shape index (κ2) is 7.12. The molecule has 4 heteroatoms. The molecule has 0 heterocycles. The quantitative estimate of drug-likeness (QED) is 0.790. The molecule has 4 atom stereocenters. The summed E-state index contributed by atoms with van der Waals surface area (Å²) in [6.07, 6.45) is 5.25. The second-order valence-electron chi connectivity index (χ2n) is 6.52. The van der Waals surface area contributed by atoms with E-state index in [1.54, 1.807) is 0 Å². The summed E-state index contributed by atoms with van der Waals surface area (Å²) in [5.74, 6) is 3.56. The SMILES string of the molecule is OC(CNCC1CC2CCC1C2)COc1cccc(Br)c1. The van der Waals surface area contributed by atoms with E-state index in [1.807, 2.05) is 24.3 Å². The Hall–Kier alpha value is -0.580. The van der Waals surface area contributed by atoms with E-state index in [1.165, 1.54) is 25.7 Å². The van der Waals surface area contributed by atoms with Gasteiger partial charge in [0.15, 0.2) is 0 Å². The van der Waals surface area contributed by atoms with Gasteiger partial charge in [0.2, 0.25) is 0 Å². The molecule has 2 fully saturated rings. The van der Waals surface area contributed by atoms with Crippen molar-refractivity contribution in [2.45, 2.75) is 31.8 Å². The van der Waals surface area contributed by atoms with Crippen LogP contribution in [0.15, 0.2) is 28.7 Å². The zero-order chi connectivity index (χ0) is 14.7. The van der Waals surface area contributed by atoms with Gasteiger partial charge in [0, 0.05) is 11.0 Å². The first-order valence-electron chi connectivity index (χ1n) is 7.98. The third kappa shape index (κ3) is 4.21.